The molecule has 0 radical (unpaired) electrons. The summed E-state index contributed by atoms with van der Waals surface area (Å²) in [6, 6.07) is 12.9. The van der Waals surface area contributed by atoms with Crippen molar-refractivity contribution in [2.45, 2.75) is 60.0 Å². The van der Waals surface area contributed by atoms with Crippen LogP contribution in [0.4, 0.5) is 11.4 Å². The minimum Gasteiger partial charge on any atom is -0.360 e. The van der Waals surface area contributed by atoms with Crippen molar-refractivity contribution in [2.75, 3.05) is 4.90 Å². The summed E-state index contributed by atoms with van der Waals surface area (Å²) in [6.07, 6.45) is 4.29. The molecule has 2 aliphatic heterocycles. The third-order valence-electron chi connectivity index (χ3n) is 6.16. The molecule has 0 spiro atoms. The zero-order valence-corrected chi connectivity index (χ0v) is 20.7. The molecule has 0 saturated carbocycles. The van der Waals surface area contributed by atoms with Gasteiger partial charge in [-0.25, -0.2) is 4.99 Å². The van der Waals surface area contributed by atoms with E-state index in [0.717, 1.165) is 16.8 Å². The van der Waals surface area contributed by atoms with Crippen molar-refractivity contribution in [3.63, 3.8) is 0 Å². The van der Waals surface area contributed by atoms with Crippen LogP contribution in [-0.2, 0) is 4.79 Å². The highest BCUT2D eigenvalue weighted by molar-refractivity contribution is 8.18. The number of anilines is 1. The molecule has 5 heteroatoms. The minimum absolute atomic E-state index is 0.0360. The fourth-order valence-electron chi connectivity index (χ4n) is 4.70. The lowest BCUT2D eigenvalue weighted by Gasteiger charge is -2.46. The van der Waals surface area contributed by atoms with E-state index in [2.05, 4.69) is 94.0 Å². The molecule has 1 saturated heterocycles. The third-order valence-corrected chi connectivity index (χ3v) is 7.07. The molecule has 4 rings (SSSR count). The van der Waals surface area contributed by atoms with E-state index in [1.54, 1.807) is 0 Å². The van der Waals surface area contributed by atoms with E-state index in [9.17, 15) is 4.79 Å². The Hall–Kier alpha value is -2.79. The normalized spacial score (nSPS) is 20.1. The second-order valence-electron chi connectivity index (χ2n) is 9.42. The van der Waals surface area contributed by atoms with Crippen molar-refractivity contribution < 1.29 is 4.79 Å². The Morgan fingerprint density at radius 1 is 1.12 bits per heavy atom. The summed E-state index contributed by atoms with van der Waals surface area (Å²) in [5, 5.41) is 3.53. The highest BCUT2D eigenvalue weighted by Crippen LogP contribution is 2.41. The standard InChI is InChI=1S/C27H31N3OS/c1-16(2)30-23-12-11-20(13-21(23)18(4)15-27(30,6)7)14-24-25(31)29-26(32-24)28-22-10-8-9-17(3)19(22)5/h8-16H,1-7H3,(H,28,29,31)/b24-14-. The number of nitrogens with zero attached hydrogens (tertiary/aromatic N) is 2. The Bertz CT molecular complexity index is 1190. The summed E-state index contributed by atoms with van der Waals surface area (Å²) < 4.78 is 0. The van der Waals surface area contributed by atoms with Crippen molar-refractivity contribution in [3.05, 3.63) is 69.6 Å². The van der Waals surface area contributed by atoms with Crippen molar-refractivity contribution >= 4 is 45.9 Å². The Balaban J connectivity index is 1.65. The molecule has 4 nitrogen and oxygen atoms in total. The molecule has 0 aromatic heterocycles. The fraction of sp³-hybridized carbons (Fsp3) is 0.333. The lowest BCUT2D eigenvalue weighted by atomic mass is 9.87. The average Bonchev–Trinajstić information content (AvgIpc) is 3.04. The summed E-state index contributed by atoms with van der Waals surface area (Å²) in [6.45, 7) is 15.3. The molecular formula is C27H31N3OS. The molecule has 2 aliphatic rings. The average molecular weight is 446 g/mol. The summed E-state index contributed by atoms with van der Waals surface area (Å²) in [4.78, 5) is 20.4. The second-order valence-corrected chi connectivity index (χ2v) is 10.5. The number of carbonyl (C=O) groups is 1. The molecule has 32 heavy (non-hydrogen) atoms. The fourth-order valence-corrected chi connectivity index (χ4v) is 5.53. The summed E-state index contributed by atoms with van der Waals surface area (Å²) in [5.41, 5.74) is 7.92. The number of aliphatic imine (C=N–C) groups is 1. The molecule has 0 atom stereocenters. The first-order chi connectivity index (χ1) is 15.1. The van der Waals surface area contributed by atoms with E-state index in [4.69, 9.17) is 0 Å². The first-order valence-electron chi connectivity index (χ1n) is 11.1. The zero-order valence-electron chi connectivity index (χ0n) is 19.9. The van der Waals surface area contributed by atoms with Gasteiger partial charge in [0.25, 0.3) is 5.91 Å². The monoisotopic (exact) mass is 445 g/mol. The highest BCUT2D eigenvalue weighted by atomic mass is 32.2. The Morgan fingerprint density at radius 2 is 1.88 bits per heavy atom. The molecule has 2 aromatic carbocycles. The van der Waals surface area contributed by atoms with Crippen molar-refractivity contribution in [2.24, 2.45) is 4.99 Å². The van der Waals surface area contributed by atoms with Gasteiger partial charge in [-0.1, -0.05) is 24.3 Å². The van der Waals surface area contributed by atoms with Gasteiger partial charge < -0.3 is 10.2 Å². The third kappa shape index (κ3) is 4.14. The van der Waals surface area contributed by atoms with E-state index in [0.29, 0.717) is 16.1 Å². The van der Waals surface area contributed by atoms with Crippen LogP contribution in [0.1, 0.15) is 56.9 Å². The van der Waals surface area contributed by atoms with E-state index in [1.165, 1.54) is 34.1 Å². The van der Waals surface area contributed by atoms with Gasteiger partial charge >= 0.3 is 0 Å². The first kappa shape index (κ1) is 22.4. The van der Waals surface area contributed by atoms with Crippen molar-refractivity contribution in [1.29, 1.82) is 0 Å². The lowest BCUT2D eigenvalue weighted by Crippen LogP contribution is -2.49. The molecule has 0 bridgehead atoms. The summed E-state index contributed by atoms with van der Waals surface area (Å²) in [7, 11) is 0. The largest absolute Gasteiger partial charge is 0.360 e. The van der Waals surface area contributed by atoms with Gasteiger partial charge in [0.1, 0.15) is 0 Å². The molecule has 166 valence electrons. The lowest BCUT2D eigenvalue weighted by molar-refractivity contribution is -0.115. The topological polar surface area (TPSA) is 44.7 Å². The van der Waals surface area contributed by atoms with E-state index in [-0.39, 0.29) is 11.4 Å². The van der Waals surface area contributed by atoms with Crippen LogP contribution in [0.2, 0.25) is 0 Å². The van der Waals surface area contributed by atoms with Gasteiger partial charge in [-0.2, -0.15) is 0 Å². The maximum absolute atomic E-state index is 12.6. The van der Waals surface area contributed by atoms with Gasteiger partial charge in [0.2, 0.25) is 0 Å². The van der Waals surface area contributed by atoms with Gasteiger partial charge in [-0.3, -0.25) is 4.79 Å². The maximum atomic E-state index is 12.6. The number of fused-ring (bicyclic) bond motifs is 1. The number of benzene rings is 2. The molecule has 2 heterocycles. The number of carbonyl (C=O) groups excluding carboxylic acids is 1. The van der Waals surface area contributed by atoms with E-state index in [1.807, 2.05) is 18.2 Å². The number of amidine groups is 1. The predicted octanol–water partition coefficient (Wildman–Crippen LogP) is 6.61. The van der Waals surface area contributed by atoms with Crippen LogP contribution in [0.15, 0.2) is 52.4 Å². The van der Waals surface area contributed by atoms with E-state index >= 15 is 0 Å². The van der Waals surface area contributed by atoms with Gasteiger partial charge in [0.05, 0.1) is 16.1 Å². The van der Waals surface area contributed by atoms with Gasteiger partial charge in [0, 0.05) is 17.3 Å². The number of amides is 1. The minimum atomic E-state index is -0.103. The molecule has 1 amide bonds. The van der Waals surface area contributed by atoms with Crippen LogP contribution in [0.3, 0.4) is 0 Å². The second kappa shape index (κ2) is 8.28. The highest BCUT2D eigenvalue weighted by Gasteiger charge is 2.33. The van der Waals surface area contributed by atoms with Crippen LogP contribution in [0.5, 0.6) is 0 Å². The summed E-state index contributed by atoms with van der Waals surface area (Å²) in [5.74, 6) is -0.103. The van der Waals surface area contributed by atoms with Crippen LogP contribution < -0.4 is 10.2 Å². The molecule has 1 fully saturated rings. The van der Waals surface area contributed by atoms with E-state index < -0.39 is 0 Å². The molecule has 0 unspecified atom stereocenters. The van der Waals surface area contributed by atoms with Crippen molar-refractivity contribution in [3.8, 4) is 0 Å². The smallest absolute Gasteiger partial charge is 0.264 e. The number of allylic oxidation sites excluding steroid dienone is 1. The number of rotatable bonds is 3. The number of hydrogen-bond donors (Lipinski definition) is 1. The SMILES string of the molecule is CC1=CC(C)(C)N(C(C)C)c2ccc(/C=C3\SC(=Nc4cccc(C)c4C)NC3=O)cc21. The van der Waals surface area contributed by atoms with Crippen LogP contribution in [0, 0.1) is 13.8 Å². The summed E-state index contributed by atoms with van der Waals surface area (Å²) >= 11 is 1.39. The Kier molecular flexibility index (Phi) is 5.80. The Morgan fingerprint density at radius 3 is 2.59 bits per heavy atom. The zero-order chi connectivity index (χ0) is 23.2. The first-order valence-corrected chi connectivity index (χ1v) is 11.9. The van der Waals surface area contributed by atoms with Crippen LogP contribution >= 0.6 is 11.8 Å². The predicted molar refractivity (Wildman–Crippen MR) is 139 cm³/mol. The number of thioether (sulfide) groups is 1. The quantitative estimate of drug-likeness (QED) is 0.541. The maximum Gasteiger partial charge on any atom is 0.264 e. The molecule has 2 aromatic rings. The van der Waals surface area contributed by atoms with Gasteiger partial charge in [-0.15, -0.1) is 0 Å². The molecule has 1 N–H and O–H groups in total. The van der Waals surface area contributed by atoms with Crippen molar-refractivity contribution in [1.82, 2.24) is 5.32 Å². The van der Waals surface area contributed by atoms with Gasteiger partial charge in [0.15, 0.2) is 5.17 Å². The number of hydrogen-bond acceptors (Lipinski definition) is 4. The number of aryl methyl sites for hydroxylation is 1. The molecule has 0 aliphatic carbocycles. The molecular weight excluding hydrogens is 414 g/mol. The Labute approximate surface area is 195 Å². The van der Waals surface area contributed by atoms with Crippen LogP contribution in [-0.4, -0.2) is 22.7 Å². The number of nitrogens with one attached hydrogen (secondary N) is 1. The van der Waals surface area contributed by atoms with Gasteiger partial charge in [-0.05, 0) is 107 Å². The van der Waals surface area contributed by atoms with Crippen LogP contribution in [0.25, 0.3) is 11.6 Å².